The summed E-state index contributed by atoms with van der Waals surface area (Å²) in [6.45, 7) is 3.76. The van der Waals surface area contributed by atoms with Gasteiger partial charge < -0.3 is 5.32 Å². The van der Waals surface area contributed by atoms with Crippen LogP contribution in [-0.4, -0.2) is 17.6 Å². The first kappa shape index (κ1) is 12.8. The van der Waals surface area contributed by atoms with Gasteiger partial charge in [-0.1, -0.05) is 12.1 Å². The molecule has 3 nitrogen and oxygen atoms in total. The predicted octanol–water partition coefficient (Wildman–Crippen LogP) is 2.74. The summed E-state index contributed by atoms with van der Waals surface area (Å²) >= 11 is 5.42. The van der Waals surface area contributed by atoms with Crippen LogP contribution in [0.1, 0.15) is 25.0 Å². The van der Waals surface area contributed by atoms with Gasteiger partial charge >= 0.3 is 0 Å². The van der Waals surface area contributed by atoms with Gasteiger partial charge in [-0.2, -0.15) is 0 Å². The van der Waals surface area contributed by atoms with Crippen molar-refractivity contribution in [3.8, 4) is 0 Å². The number of hydrogen-bond acceptors (Lipinski definition) is 2. The zero-order valence-corrected chi connectivity index (χ0v) is 11.0. The lowest BCUT2D eigenvalue weighted by atomic mass is 9.85. The van der Waals surface area contributed by atoms with E-state index in [-0.39, 0.29) is 17.6 Å². The average Bonchev–Trinajstić information content (AvgIpc) is 2.57. The van der Waals surface area contributed by atoms with E-state index in [0.717, 1.165) is 16.8 Å². The number of anilines is 1. The number of halogens is 1. The van der Waals surface area contributed by atoms with Crippen molar-refractivity contribution in [2.75, 3.05) is 11.2 Å². The van der Waals surface area contributed by atoms with Crippen molar-refractivity contribution in [2.24, 2.45) is 0 Å². The molecule has 1 N–H and O–H groups in total. The number of fused-ring (bicyclic) bond motifs is 1. The minimum absolute atomic E-state index is 0.00420. The molecule has 94 valence electrons. The maximum absolute atomic E-state index is 11.8. The van der Waals surface area contributed by atoms with E-state index in [1.807, 2.05) is 32.0 Å². The highest BCUT2D eigenvalue weighted by Gasteiger charge is 2.38. The van der Waals surface area contributed by atoms with Gasteiger partial charge in [0.1, 0.15) is 0 Å². The lowest BCUT2D eigenvalue weighted by Gasteiger charge is -2.15. The zero-order valence-electron chi connectivity index (χ0n) is 10.3. The van der Waals surface area contributed by atoms with E-state index in [9.17, 15) is 9.59 Å². The molecule has 0 unspecified atom stereocenters. The lowest BCUT2D eigenvalue weighted by Crippen LogP contribution is -2.26. The monoisotopic (exact) mass is 263 g/mol. The Morgan fingerprint density at radius 2 is 2.17 bits per heavy atom. The molecule has 4 heteroatoms. The molecule has 0 aliphatic carbocycles. The molecule has 0 aromatic heterocycles. The van der Waals surface area contributed by atoms with Gasteiger partial charge in [-0.25, -0.2) is 0 Å². The van der Waals surface area contributed by atoms with Gasteiger partial charge in [0.25, 0.3) is 0 Å². The Kier molecular flexibility index (Phi) is 3.26. The molecule has 2 rings (SSSR count). The maximum atomic E-state index is 11.8. The molecule has 0 saturated heterocycles. The van der Waals surface area contributed by atoms with Crippen molar-refractivity contribution in [1.82, 2.24) is 0 Å². The number of carbonyl (C=O) groups is 2. The molecule has 0 bridgehead atoms. The quantitative estimate of drug-likeness (QED) is 0.673. The summed E-state index contributed by atoms with van der Waals surface area (Å²) in [6.07, 6.45) is 3.16. The smallest absolute Gasteiger partial charge is 0.234 e. The van der Waals surface area contributed by atoms with Crippen molar-refractivity contribution >= 4 is 35.1 Å². The van der Waals surface area contributed by atoms with E-state index in [1.165, 1.54) is 6.08 Å². The Morgan fingerprint density at radius 3 is 2.83 bits per heavy atom. The molecule has 0 spiro atoms. The van der Waals surface area contributed by atoms with Crippen LogP contribution in [0, 0.1) is 0 Å². The fraction of sp³-hybridized carbons (Fsp3) is 0.286. The van der Waals surface area contributed by atoms with Gasteiger partial charge in [-0.3, -0.25) is 9.59 Å². The lowest BCUT2D eigenvalue weighted by molar-refractivity contribution is -0.119. The number of benzene rings is 1. The molecule has 1 aromatic rings. The molecular weight excluding hydrogens is 250 g/mol. The van der Waals surface area contributed by atoms with E-state index in [1.54, 1.807) is 6.08 Å². The third-order valence-electron chi connectivity index (χ3n) is 3.13. The van der Waals surface area contributed by atoms with Gasteiger partial charge in [0.2, 0.25) is 5.91 Å². The molecule has 0 radical (unpaired) electrons. The Bertz CT molecular complexity index is 547. The minimum atomic E-state index is -0.532. The van der Waals surface area contributed by atoms with E-state index >= 15 is 0 Å². The minimum Gasteiger partial charge on any atom is -0.325 e. The fourth-order valence-corrected chi connectivity index (χ4v) is 2.02. The van der Waals surface area contributed by atoms with Crippen LogP contribution in [0.4, 0.5) is 5.69 Å². The van der Waals surface area contributed by atoms with E-state index < -0.39 is 5.41 Å². The number of nitrogens with one attached hydrogen (secondary N) is 1. The molecular formula is C14H14ClNO2. The Hall–Kier alpha value is -1.61. The Morgan fingerprint density at radius 1 is 1.44 bits per heavy atom. The maximum Gasteiger partial charge on any atom is 0.234 e. The van der Waals surface area contributed by atoms with Crippen molar-refractivity contribution in [3.05, 3.63) is 35.4 Å². The van der Waals surface area contributed by atoms with Gasteiger partial charge in [-0.05, 0) is 43.2 Å². The van der Waals surface area contributed by atoms with Gasteiger partial charge in [0.15, 0.2) is 5.78 Å². The number of alkyl halides is 1. The summed E-state index contributed by atoms with van der Waals surface area (Å²) in [4.78, 5) is 22.9. The molecule has 1 aliphatic heterocycles. The van der Waals surface area contributed by atoms with Gasteiger partial charge in [0, 0.05) is 5.69 Å². The van der Waals surface area contributed by atoms with Crippen LogP contribution in [0.3, 0.4) is 0 Å². The normalized spacial score (nSPS) is 16.7. The molecule has 1 heterocycles. The number of hydrogen-bond donors (Lipinski definition) is 1. The topological polar surface area (TPSA) is 46.2 Å². The second kappa shape index (κ2) is 4.58. The van der Waals surface area contributed by atoms with Crippen molar-refractivity contribution in [2.45, 2.75) is 19.3 Å². The highest BCUT2D eigenvalue weighted by Crippen LogP contribution is 2.37. The standard InChI is InChI=1S/C14H14ClNO2/c1-14(2)11-7-9(3-5-10(17)8-15)4-6-12(11)16-13(14)18/h3-7H,8H2,1-2H3,(H,16,18). The molecule has 0 atom stereocenters. The number of carbonyl (C=O) groups excluding carboxylic acids is 2. The van der Waals surface area contributed by atoms with Crippen molar-refractivity contribution in [3.63, 3.8) is 0 Å². The second-order valence-electron chi connectivity index (χ2n) is 4.82. The molecule has 1 aliphatic rings. The first-order valence-electron chi connectivity index (χ1n) is 5.68. The summed E-state index contributed by atoms with van der Waals surface area (Å²) in [6, 6.07) is 5.64. The Labute approximate surface area is 111 Å². The molecule has 1 aromatic carbocycles. The van der Waals surface area contributed by atoms with E-state index in [4.69, 9.17) is 11.6 Å². The molecule has 0 saturated carbocycles. The highest BCUT2D eigenvalue weighted by molar-refractivity contribution is 6.29. The number of ketones is 1. The first-order chi connectivity index (χ1) is 8.45. The third kappa shape index (κ3) is 2.18. The van der Waals surface area contributed by atoms with E-state index in [0.29, 0.717) is 0 Å². The summed E-state index contributed by atoms with van der Waals surface area (Å²) in [5.74, 6) is -0.159. The summed E-state index contributed by atoms with van der Waals surface area (Å²) in [5, 5.41) is 2.84. The summed E-state index contributed by atoms with van der Waals surface area (Å²) < 4.78 is 0. The highest BCUT2D eigenvalue weighted by atomic mass is 35.5. The second-order valence-corrected chi connectivity index (χ2v) is 5.08. The van der Waals surface area contributed by atoms with Crippen LogP contribution in [-0.2, 0) is 15.0 Å². The van der Waals surface area contributed by atoms with Crippen LogP contribution in [0.2, 0.25) is 0 Å². The largest absolute Gasteiger partial charge is 0.325 e. The number of amides is 1. The van der Waals surface area contributed by atoms with Crippen molar-refractivity contribution in [1.29, 1.82) is 0 Å². The van der Waals surface area contributed by atoms with Crippen LogP contribution < -0.4 is 5.32 Å². The van der Waals surface area contributed by atoms with Crippen LogP contribution in [0.25, 0.3) is 6.08 Å². The molecule has 1 amide bonds. The fourth-order valence-electron chi connectivity index (χ4n) is 1.93. The third-order valence-corrected chi connectivity index (χ3v) is 3.39. The summed E-state index contributed by atoms with van der Waals surface area (Å²) in [7, 11) is 0. The first-order valence-corrected chi connectivity index (χ1v) is 6.21. The van der Waals surface area contributed by atoms with Gasteiger partial charge in [0.05, 0.1) is 11.3 Å². The summed E-state index contributed by atoms with van der Waals surface area (Å²) in [5.41, 5.74) is 2.14. The van der Waals surface area contributed by atoms with Crippen LogP contribution in [0.5, 0.6) is 0 Å². The van der Waals surface area contributed by atoms with Crippen LogP contribution in [0.15, 0.2) is 24.3 Å². The Balaban J connectivity index is 2.35. The SMILES string of the molecule is CC1(C)C(=O)Nc2ccc(C=CC(=O)CCl)cc21. The number of allylic oxidation sites excluding steroid dienone is 1. The predicted molar refractivity (Wildman–Crippen MR) is 72.9 cm³/mol. The van der Waals surface area contributed by atoms with Crippen molar-refractivity contribution < 1.29 is 9.59 Å². The van der Waals surface area contributed by atoms with E-state index in [2.05, 4.69) is 5.32 Å². The van der Waals surface area contributed by atoms with Crippen LogP contribution >= 0.6 is 11.6 Å². The molecule has 18 heavy (non-hydrogen) atoms. The zero-order chi connectivity index (χ0) is 13.3. The average molecular weight is 264 g/mol. The number of rotatable bonds is 3. The molecule has 0 fully saturated rings. The van der Waals surface area contributed by atoms with Gasteiger partial charge in [-0.15, -0.1) is 11.6 Å².